The highest BCUT2D eigenvalue weighted by atomic mass is 32.2. The van der Waals surface area contributed by atoms with Crippen molar-refractivity contribution in [2.24, 2.45) is 0 Å². The molecule has 0 aliphatic carbocycles. The van der Waals surface area contributed by atoms with E-state index >= 15 is 0 Å². The van der Waals surface area contributed by atoms with Crippen molar-refractivity contribution in [3.05, 3.63) is 71.4 Å². The predicted molar refractivity (Wildman–Crippen MR) is 92.2 cm³/mol. The van der Waals surface area contributed by atoms with Gasteiger partial charge in [0, 0.05) is 18.1 Å². The molecule has 154 valence electrons. The van der Waals surface area contributed by atoms with Crippen LogP contribution >= 0.6 is 0 Å². The molecule has 0 radical (unpaired) electrons. The Morgan fingerprint density at radius 1 is 0.862 bits per heavy atom. The van der Waals surface area contributed by atoms with Crippen LogP contribution in [0.3, 0.4) is 0 Å². The summed E-state index contributed by atoms with van der Waals surface area (Å²) in [6.07, 6.45) is -8.25. The molecule has 0 saturated heterocycles. The maximum Gasteiger partial charge on any atom is 0.417 e. The normalized spacial score (nSPS) is 13.0. The summed E-state index contributed by atoms with van der Waals surface area (Å²) in [5.41, 5.74) is -1.76. The van der Waals surface area contributed by atoms with Gasteiger partial charge in [0.2, 0.25) is 10.0 Å². The van der Waals surface area contributed by atoms with Crippen LogP contribution in [0.25, 0.3) is 10.9 Å². The van der Waals surface area contributed by atoms with E-state index in [1.54, 1.807) is 0 Å². The van der Waals surface area contributed by atoms with E-state index in [0.717, 1.165) is 24.4 Å². The summed E-state index contributed by atoms with van der Waals surface area (Å²) in [4.78, 5) is 3.50. The molecule has 3 aromatic rings. The Morgan fingerprint density at radius 2 is 1.52 bits per heavy atom. The zero-order chi connectivity index (χ0) is 21.4. The first kappa shape index (κ1) is 21.1. The second-order valence-electron chi connectivity index (χ2n) is 6.02. The lowest BCUT2D eigenvalue weighted by Crippen LogP contribution is -2.23. The molecule has 1 N–H and O–H groups in total. The topological polar surface area (TPSA) is 59.1 Å². The van der Waals surface area contributed by atoms with Gasteiger partial charge in [-0.05, 0) is 35.9 Å². The molecule has 0 unspecified atom stereocenters. The lowest BCUT2D eigenvalue weighted by atomic mass is 10.0. The number of nitrogens with zero attached hydrogens (tertiary/aromatic N) is 1. The van der Waals surface area contributed by atoms with Crippen LogP contribution in [0.2, 0.25) is 0 Å². The largest absolute Gasteiger partial charge is 0.417 e. The average molecular weight is 434 g/mol. The van der Waals surface area contributed by atoms with Gasteiger partial charge < -0.3 is 0 Å². The van der Waals surface area contributed by atoms with Gasteiger partial charge in [-0.3, -0.25) is 4.98 Å². The Morgan fingerprint density at radius 3 is 2.10 bits per heavy atom. The van der Waals surface area contributed by atoms with Gasteiger partial charge in [0.05, 0.1) is 21.5 Å². The van der Waals surface area contributed by atoms with Crippen LogP contribution in [-0.2, 0) is 28.9 Å². The summed E-state index contributed by atoms with van der Waals surface area (Å²) in [6, 6.07) is 7.64. The third-order valence-electron chi connectivity index (χ3n) is 4.10. The van der Waals surface area contributed by atoms with Crippen molar-refractivity contribution >= 4 is 20.9 Å². The third-order valence-corrected chi connectivity index (χ3v) is 5.52. The number of halogens is 6. The van der Waals surface area contributed by atoms with Crippen molar-refractivity contribution in [3.63, 3.8) is 0 Å². The van der Waals surface area contributed by atoms with Crippen molar-refractivity contribution in [3.8, 4) is 0 Å². The number of alkyl halides is 6. The maximum absolute atomic E-state index is 13.1. The van der Waals surface area contributed by atoms with Gasteiger partial charge in [-0.25, -0.2) is 13.1 Å². The number of benzene rings is 2. The number of pyridine rings is 1. The van der Waals surface area contributed by atoms with E-state index in [2.05, 4.69) is 9.71 Å². The van der Waals surface area contributed by atoms with Gasteiger partial charge in [-0.1, -0.05) is 18.2 Å². The summed E-state index contributed by atoms with van der Waals surface area (Å²) >= 11 is 0. The first-order chi connectivity index (χ1) is 13.4. The molecule has 3 rings (SSSR count). The molecule has 4 nitrogen and oxygen atoms in total. The third kappa shape index (κ3) is 4.51. The summed E-state index contributed by atoms with van der Waals surface area (Å²) in [5, 5.41) is -0.189. The minimum Gasteiger partial charge on any atom is -0.256 e. The summed E-state index contributed by atoms with van der Waals surface area (Å²) in [6.45, 7) is -0.394. The van der Waals surface area contributed by atoms with E-state index in [4.69, 9.17) is 0 Å². The highest BCUT2D eigenvalue weighted by molar-refractivity contribution is 7.89. The molecular formula is C18H12F6N2O2S. The number of para-hydroxylation sites is 1. The average Bonchev–Trinajstić information content (AvgIpc) is 2.64. The Bertz CT molecular complexity index is 1140. The monoisotopic (exact) mass is 434 g/mol. The molecule has 0 aliphatic heterocycles. The summed E-state index contributed by atoms with van der Waals surface area (Å²) < 4.78 is 104. The van der Waals surface area contributed by atoms with Gasteiger partial charge in [0.1, 0.15) is 0 Å². The number of rotatable bonds is 4. The fourth-order valence-corrected chi connectivity index (χ4v) is 3.71. The lowest BCUT2D eigenvalue weighted by Gasteiger charge is -2.13. The maximum atomic E-state index is 13.1. The molecule has 1 aromatic heterocycles. The van der Waals surface area contributed by atoms with E-state index in [9.17, 15) is 34.8 Å². The Hall–Kier alpha value is -2.66. The van der Waals surface area contributed by atoms with Crippen molar-refractivity contribution in [1.82, 2.24) is 9.71 Å². The molecule has 11 heteroatoms. The van der Waals surface area contributed by atoms with Gasteiger partial charge in [0.25, 0.3) is 0 Å². The van der Waals surface area contributed by atoms with Crippen LogP contribution in [0.1, 0.15) is 16.7 Å². The van der Waals surface area contributed by atoms with Crippen molar-refractivity contribution < 1.29 is 34.8 Å². The van der Waals surface area contributed by atoms with Gasteiger partial charge in [-0.15, -0.1) is 0 Å². The Kier molecular flexibility index (Phi) is 5.30. The number of sulfonamides is 1. The predicted octanol–water partition coefficient (Wildman–Crippen LogP) is 4.75. The van der Waals surface area contributed by atoms with E-state index in [1.807, 2.05) is 0 Å². The van der Waals surface area contributed by atoms with Crippen LogP contribution in [0.15, 0.2) is 59.6 Å². The smallest absolute Gasteiger partial charge is 0.256 e. The molecule has 0 aliphatic rings. The van der Waals surface area contributed by atoms with Crippen molar-refractivity contribution in [2.45, 2.75) is 23.8 Å². The first-order valence-electron chi connectivity index (χ1n) is 8.00. The van der Waals surface area contributed by atoms with Crippen LogP contribution in [0, 0.1) is 0 Å². The summed E-state index contributed by atoms with van der Waals surface area (Å²) in [7, 11) is -4.20. The van der Waals surface area contributed by atoms with Gasteiger partial charge in [0.15, 0.2) is 0 Å². The molecule has 1 heterocycles. The zero-order valence-electron chi connectivity index (χ0n) is 14.3. The van der Waals surface area contributed by atoms with E-state index in [0.29, 0.717) is 12.1 Å². The molecule has 0 atom stereocenters. The van der Waals surface area contributed by atoms with Crippen LogP contribution < -0.4 is 4.72 Å². The molecule has 29 heavy (non-hydrogen) atoms. The molecule has 0 amide bonds. The van der Waals surface area contributed by atoms with E-state index in [-0.39, 0.29) is 16.5 Å². The van der Waals surface area contributed by atoms with Gasteiger partial charge >= 0.3 is 12.4 Å². The first-order valence-corrected chi connectivity index (χ1v) is 9.48. The Labute approximate surface area is 161 Å². The lowest BCUT2D eigenvalue weighted by molar-refractivity contribution is -0.138. The second kappa shape index (κ2) is 7.30. The fourth-order valence-electron chi connectivity index (χ4n) is 2.71. The quantitative estimate of drug-likeness (QED) is 0.603. The minimum atomic E-state index is -4.61. The standard InChI is InChI=1S/C18H12F6N2O2S/c19-17(20,21)12-4-6-13(7-5-12)29(27,28)26-10-11-2-1-3-14-15(18(22,23)24)8-9-25-16(11)14/h1-9,26H,10H2. The highest BCUT2D eigenvalue weighted by Gasteiger charge is 2.33. The van der Waals surface area contributed by atoms with Gasteiger partial charge in [-0.2, -0.15) is 26.3 Å². The van der Waals surface area contributed by atoms with Crippen LogP contribution in [-0.4, -0.2) is 13.4 Å². The summed E-state index contributed by atoms with van der Waals surface area (Å²) in [5.74, 6) is 0. The number of fused-ring (bicyclic) bond motifs is 1. The van der Waals surface area contributed by atoms with Crippen LogP contribution in [0.4, 0.5) is 26.3 Å². The van der Waals surface area contributed by atoms with Crippen molar-refractivity contribution in [2.75, 3.05) is 0 Å². The molecule has 0 spiro atoms. The van der Waals surface area contributed by atoms with E-state index < -0.39 is 44.9 Å². The van der Waals surface area contributed by atoms with Crippen LogP contribution in [0.5, 0.6) is 0 Å². The Balaban J connectivity index is 1.88. The molecule has 2 aromatic carbocycles. The molecule has 0 saturated carbocycles. The zero-order valence-corrected chi connectivity index (χ0v) is 15.2. The van der Waals surface area contributed by atoms with Crippen molar-refractivity contribution in [1.29, 1.82) is 0 Å². The SMILES string of the molecule is O=S(=O)(NCc1cccc2c(C(F)(F)F)ccnc12)c1ccc(C(F)(F)F)cc1. The molecule has 0 bridgehead atoms. The van der Waals surface area contributed by atoms with E-state index in [1.165, 1.54) is 18.2 Å². The fraction of sp³-hybridized carbons (Fsp3) is 0.167. The number of hydrogen-bond acceptors (Lipinski definition) is 3. The molecule has 0 fully saturated rings. The molecular weight excluding hydrogens is 422 g/mol. The number of nitrogens with one attached hydrogen (secondary N) is 1. The number of aromatic nitrogens is 1. The number of hydrogen-bond donors (Lipinski definition) is 1. The highest BCUT2D eigenvalue weighted by Crippen LogP contribution is 2.35. The minimum absolute atomic E-state index is 0.0301. The second-order valence-corrected chi connectivity index (χ2v) is 7.78.